The van der Waals surface area contributed by atoms with E-state index >= 15 is 0 Å². The summed E-state index contributed by atoms with van der Waals surface area (Å²) in [6, 6.07) is 11.5. The summed E-state index contributed by atoms with van der Waals surface area (Å²) in [4.78, 5) is 15.3. The molecule has 1 aromatic heterocycles. The number of carbonyl (C=O) groups excluding carboxylic acids is 1. The molecule has 0 bridgehead atoms. The molecule has 94 valence electrons. The maximum absolute atomic E-state index is 12.0. The Morgan fingerprint density at radius 3 is 2.67 bits per heavy atom. The fourth-order valence-corrected chi connectivity index (χ4v) is 3.25. The number of thiophene rings is 1. The normalized spacial score (nSPS) is 10.8. The molecular formula is C14H14BrNOS. The van der Waals surface area contributed by atoms with Gasteiger partial charge in [0.05, 0.1) is 6.54 Å². The average Bonchev–Trinajstić information content (AvgIpc) is 2.75. The molecule has 2 rings (SSSR count). The fourth-order valence-electron chi connectivity index (χ4n) is 1.72. The van der Waals surface area contributed by atoms with Gasteiger partial charge < -0.3 is 0 Å². The number of likely N-dealkylation sites (N-methyl/N-ethyl adjacent to an activating group) is 1. The van der Waals surface area contributed by atoms with Gasteiger partial charge in [-0.3, -0.25) is 9.69 Å². The molecule has 0 aliphatic heterocycles. The van der Waals surface area contributed by atoms with Crippen molar-refractivity contribution in [1.82, 2.24) is 4.90 Å². The Labute approximate surface area is 119 Å². The van der Waals surface area contributed by atoms with E-state index in [9.17, 15) is 4.79 Å². The number of rotatable bonds is 5. The Kier molecular flexibility index (Phi) is 4.69. The van der Waals surface area contributed by atoms with Gasteiger partial charge in [0, 0.05) is 26.8 Å². The monoisotopic (exact) mass is 323 g/mol. The van der Waals surface area contributed by atoms with Crippen molar-refractivity contribution in [3.05, 3.63) is 56.7 Å². The Balaban J connectivity index is 1.91. The predicted octanol–water partition coefficient (Wildman–Crippen LogP) is 3.83. The van der Waals surface area contributed by atoms with Crippen LogP contribution in [0.2, 0.25) is 0 Å². The number of hydrogen-bond acceptors (Lipinski definition) is 3. The molecule has 0 radical (unpaired) electrons. The van der Waals surface area contributed by atoms with Crippen LogP contribution in [-0.2, 0) is 6.54 Å². The van der Waals surface area contributed by atoms with Crippen molar-refractivity contribution >= 4 is 33.0 Å². The van der Waals surface area contributed by atoms with E-state index in [4.69, 9.17) is 0 Å². The standard InChI is InChI=1S/C14H14BrNOS/c1-16(8-13-7-12(15)10-18-13)9-14(17)11-5-3-2-4-6-11/h2-7,10H,8-9H2,1H3. The first-order valence-corrected chi connectivity index (χ1v) is 7.32. The van der Waals surface area contributed by atoms with Crippen LogP contribution in [0.5, 0.6) is 0 Å². The molecule has 2 nitrogen and oxygen atoms in total. The molecule has 0 N–H and O–H groups in total. The van der Waals surface area contributed by atoms with E-state index in [-0.39, 0.29) is 5.78 Å². The van der Waals surface area contributed by atoms with Crippen molar-refractivity contribution in [1.29, 1.82) is 0 Å². The zero-order chi connectivity index (χ0) is 13.0. The third-order valence-corrected chi connectivity index (χ3v) is 4.24. The maximum atomic E-state index is 12.0. The molecule has 0 atom stereocenters. The van der Waals surface area contributed by atoms with Crippen molar-refractivity contribution < 1.29 is 4.79 Å². The topological polar surface area (TPSA) is 20.3 Å². The number of halogens is 1. The second-order valence-electron chi connectivity index (χ2n) is 4.19. The van der Waals surface area contributed by atoms with Gasteiger partial charge >= 0.3 is 0 Å². The van der Waals surface area contributed by atoms with Gasteiger partial charge in [0.2, 0.25) is 0 Å². The first-order valence-electron chi connectivity index (χ1n) is 5.65. The molecule has 0 spiro atoms. The SMILES string of the molecule is CN(CC(=O)c1ccccc1)Cc1cc(Br)cs1. The molecule has 18 heavy (non-hydrogen) atoms. The van der Waals surface area contributed by atoms with Crippen LogP contribution in [0.25, 0.3) is 0 Å². The average molecular weight is 324 g/mol. The molecule has 0 fully saturated rings. The quantitative estimate of drug-likeness (QED) is 0.779. The lowest BCUT2D eigenvalue weighted by Crippen LogP contribution is -2.25. The van der Waals surface area contributed by atoms with E-state index in [0.29, 0.717) is 6.54 Å². The van der Waals surface area contributed by atoms with Crippen LogP contribution in [0.3, 0.4) is 0 Å². The van der Waals surface area contributed by atoms with Crippen LogP contribution in [0.15, 0.2) is 46.3 Å². The van der Waals surface area contributed by atoms with Crippen molar-refractivity contribution in [2.75, 3.05) is 13.6 Å². The summed E-state index contributed by atoms with van der Waals surface area (Å²) < 4.78 is 1.10. The molecule has 0 aliphatic rings. The molecule has 0 saturated heterocycles. The highest BCUT2D eigenvalue weighted by Crippen LogP contribution is 2.20. The third-order valence-electron chi connectivity index (χ3n) is 2.56. The molecule has 0 amide bonds. The van der Waals surface area contributed by atoms with Crippen LogP contribution in [0.1, 0.15) is 15.2 Å². The lowest BCUT2D eigenvalue weighted by molar-refractivity contribution is 0.0943. The highest BCUT2D eigenvalue weighted by atomic mass is 79.9. The van der Waals surface area contributed by atoms with Gasteiger partial charge in [-0.15, -0.1) is 11.3 Å². The van der Waals surface area contributed by atoms with Gasteiger partial charge in [-0.1, -0.05) is 30.3 Å². The van der Waals surface area contributed by atoms with E-state index < -0.39 is 0 Å². The van der Waals surface area contributed by atoms with Crippen LogP contribution >= 0.6 is 27.3 Å². The summed E-state index contributed by atoms with van der Waals surface area (Å²) in [7, 11) is 1.97. The first-order chi connectivity index (χ1) is 8.65. The van der Waals surface area contributed by atoms with Gasteiger partial charge in [-0.2, -0.15) is 0 Å². The Morgan fingerprint density at radius 2 is 2.06 bits per heavy atom. The first kappa shape index (κ1) is 13.5. The number of Topliss-reactive ketones (excluding diaryl/α,β-unsaturated/α-hetero) is 1. The van der Waals surface area contributed by atoms with Crippen LogP contribution in [0.4, 0.5) is 0 Å². The van der Waals surface area contributed by atoms with Gasteiger partial charge in [0.15, 0.2) is 5.78 Å². The van der Waals surface area contributed by atoms with Crippen LogP contribution in [0, 0.1) is 0 Å². The highest BCUT2D eigenvalue weighted by molar-refractivity contribution is 9.10. The molecule has 0 unspecified atom stereocenters. The predicted molar refractivity (Wildman–Crippen MR) is 79.1 cm³/mol. The summed E-state index contributed by atoms with van der Waals surface area (Å²) in [6.07, 6.45) is 0. The van der Waals surface area contributed by atoms with Gasteiger partial charge in [-0.25, -0.2) is 0 Å². The Hall–Kier alpha value is -0.970. The lowest BCUT2D eigenvalue weighted by Gasteiger charge is -2.14. The van der Waals surface area contributed by atoms with E-state index in [0.717, 1.165) is 16.6 Å². The summed E-state index contributed by atoms with van der Waals surface area (Å²) >= 11 is 5.14. The van der Waals surface area contributed by atoms with E-state index in [1.165, 1.54) is 4.88 Å². The Morgan fingerprint density at radius 1 is 1.33 bits per heavy atom. The van der Waals surface area contributed by atoms with Crippen molar-refractivity contribution in [3.63, 3.8) is 0 Å². The highest BCUT2D eigenvalue weighted by Gasteiger charge is 2.10. The third kappa shape index (κ3) is 3.77. The Bertz CT molecular complexity index is 524. The molecule has 1 heterocycles. The van der Waals surface area contributed by atoms with Crippen molar-refractivity contribution in [2.24, 2.45) is 0 Å². The number of carbonyl (C=O) groups is 1. The molecular weight excluding hydrogens is 310 g/mol. The minimum atomic E-state index is 0.161. The van der Waals surface area contributed by atoms with Gasteiger partial charge in [0.1, 0.15) is 0 Å². The van der Waals surface area contributed by atoms with Crippen molar-refractivity contribution in [2.45, 2.75) is 6.54 Å². The van der Waals surface area contributed by atoms with Gasteiger partial charge in [0.25, 0.3) is 0 Å². The molecule has 4 heteroatoms. The van der Waals surface area contributed by atoms with E-state index in [1.807, 2.05) is 42.3 Å². The van der Waals surface area contributed by atoms with E-state index in [2.05, 4.69) is 27.4 Å². The number of ketones is 1. The van der Waals surface area contributed by atoms with Crippen LogP contribution in [-0.4, -0.2) is 24.3 Å². The molecule has 0 aliphatic carbocycles. The fraction of sp³-hybridized carbons (Fsp3) is 0.214. The number of nitrogens with zero attached hydrogens (tertiary/aromatic N) is 1. The largest absolute Gasteiger partial charge is 0.294 e. The molecule has 0 saturated carbocycles. The van der Waals surface area contributed by atoms with Crippen molar-refractivity contribution in [3.8, 4) is 0 Å². The van der Waals surface area contributed by atoms with Gasteiger partial charge in [-0.05, 0) is 29.0 Å². The van der Waals surface area contributed by atoms with E-state index in [1.54, 1.807) is 11.3 Å². The summed E-state index contributed by atoms with van der Waals surface area (Å²) in [5.41, 5.74) is 0.775. The molecule has 1 aromatic carbocycles. The maximum Gasteiger partial charge on any atom is 0.176 e. The summed E-state index contributed by atoms with van der Waals surface area (Å²) in [6.45, 7) is 1.24. The number of hydrogen-bond donors (Lipinski definition) is 0. The zero-order valence-corrected chi connectivity index (χ0v) is 12.5. The minimum Gasteiger partial charge on any atom is -0.294 e. The second kappa shape index (κ2) is 6.27. The zero-order valence-electron chi connectivity index (χ0n) is 10.1. The minimum absolute atomic E-state index is 0.161. The smallest absolute Gasteiger partial charge is 0.176 e. The number of benzene rings is 1. The molecule has 2 aromatic rings. The lowest BCUT2D eigenvalue weighted by atomic mass is 10.1. The summed E-state index contributed by atoms with van der Waals surface area (Å²) in [5.74, 6) is 0.161. The van der Waals surface area contributed by atoms with Crippen LogP contribution < -0.4 is 0 Å². The summed E-state index contributed by atoms with van der Waals surface area (Å²) in [5, 5.41) is 2.06. The second-order valence-corrected chi connectivity index (χ2v) is 6.10.